The Bertz CT molecular complexity index is 199. The minimum atomic E-state index is -1.73. The highest BCUT2D eigenvalue weighted by molar-refractivity contribution is 6.08. The summed E-state index contributed by atoms with van der Waals surface area (Å²) in [5.41, 5.74) is 4.80. The molecule has 6 nitrogen and oxygen atoms in total. The first kappa shape index (κ1) is 9.57. The maximum Gasteiger partial charge on any atom is 0.328 e. The second-order valence-corrected chi connectivity index (χ2v) is 1.85. The van der Waals surface area contributed by atoms with Crippen LogP contribution in [0.4, 0.5) is 0 Å². The summed E-state index contributed by atoms with van der Waals surface area (Å²) < 4.78 is 0. The molecule has 0 aromatic heterocycles. The normalized spacial score (nSPS) is 12.1. The Labute approximate surface area is 61.6 Å². The van der Waals surface area contributed by atoms with Gasteiger partial charge in [0.2, 0.25) is 0 Å². The number of Topliss-reactive ketones (excluding diaryl/α,β-unsaturated/α-hetero) is 1. The minimum Gasteiger partial charge on any atom is -0.481 e. The van der Waals surface area contributed by atoms with Crippen LogP contribution in [0, 0.1) is 0 Å². The first-order chi connectivity index (χ1) is 4.95. The Morgan fingerprint density at radius 2 is 1.73 bits per heavy atom. The van der Waals surface area contributed by atoms with Crippen molar-refractivity contribution in [1.29, 1.82) is 0 Å². The maximum absolute atomic E-state index is 10.5. The molecule has 0 aromatic rings. The number of hydrogen-bond acceptors (Lipinski definition) is 4. The molecule has 0 aliphatic rings. The van der Waals surface area contributed by atoms with E-state index in [0.29, 0.717) is 0 Å². The number of carboxylic acid groups (broad SMARTS) is 2. The maximum atomic E-state index is 10.5. The zero-order valence-electron chi connectivity index (χ0n) is 5.48. The van der Waals surface area contributed by atoms with Gasteiger partial charge in [0.15, 0.2) is 11.8 Å². The molecule has 4 N–H and O–H groups in total. The first-order valence-electron chi connectivity index (χ1n) is 2.68. The van der Waals surface area contributed by atoms with E-state index in [2.05, 4.69) is 0 Å². The lowest BCUT2D eigenvalue weighted by Crippen LogP contribution is -2.39. The van der Waals surface area contributed by atoms with E-state index < -0.39 is 30.2 Å². The standard InChI is InChI=1S/C5H7NO5/c6-4(5(10)11)2(7)1-3(8)9/h4H,1,6H2,(H,8,9)(H,10,11)/t4-/m0/s1. The zero-order chi connectivity index (χ0) is 9.02. The Morgan fingerprint density at radius 3 is 2.00 bits per heavy atom. The van der Waals surface area contributed by atoms with Gasteiger partial charge in [-0.05, 0) is 0 Å². The summed E-state index contributed by atoms with van der Waals surface area (Å²) in [6.45, 7) is 0. The Morgan fingerprint density at radius 1 is 1.27 bits per heavy atom. The third kappa shape index (κ3) is 3.31. The molecule has 6 heteroatoms. The van der Waals surface area contributed by atoms with Crippen molar-refractivity contribution in [3.8, 4) is 0 Å². The van der Waals surface area contributed by atoms with E-state index >= 15 is 0 Å². The van der Waals surface area contributed by atoms with E-state index in [1.54, 1.807) is 0 Å². The van der Waals surface area contributed by atoms with Crippen LogP contribution in [-0.4, -0.2) is 34.0 Å². The largest absolute Gasteiger partial charge is 0.481 e. The highest BCUT2D eigenvalue weighted by Gasteiger charge is 2.22. The van der Waals surface area contributed by atoms with Crippen LogP contribution in [0.1, 0.15) is 6.42 Å². The second-order valence-electron chi connectivity index (χ2n) is 1.85. The van der Waals surface area contributed by atoms with Crippen LogP contribution in [0.2, 0.25) is 0 Å². The number of ketones is 1. The third-order valence-corrected chi connectivity index (χ3v) is 0.938. The van der Waals surface area contributed by atoms with Crippen LogP contribution >= 0.6 is 0 Å². The predicted octanol–water partition coefficient (Wildman–Crippen LogP) is -1.56. The summed E-state index contributed by atoms with van der Waals surface area (Å²) in [7, 11) is 0. The van der Waals surface area contributed by atoms with Crippen LogP contribution < -0.4 is 5.73 Å². The highest BCUT2D eigenvalue weighted by atomic mass is 16.4. The summed E-state index contributed by atoms with van der Waals surface area (Å²) in [6, 6.07) is -1.73. The monoisotopic (exact) mass is 161 g/mol. The fourth-order valence-electron chi connectivity index (χ4n) is 0.397. The lowest BCUT2D eigenvalue weighted by molar-refractivity contribution is -0.144. The topological polar surface area (TPSA) is 118 Å². The molecule has 0 amide bonds. The highest BCUT2D eigenvalue weighted by Crippen LogP contribution is 1.88. The summed E-state index contributed by atoms with van der Waals surface area (Å²) in [4.78, 5) is 30.4. The van der Waals surface area contributed by atoms with Gasteiger partial charge < -0.3 is 15.9 Å². The Balaban J connectivity index is 4.04. The quantitative estimate of drug-likeness (QED) is 0.429. The molecule has 0 saturated carbocycles. The van der Waals surface area contributed by atoms with Crippen molar-refractivity contribution in [2.75, 3.05) is 0 Å². The van der Waals surface area contributed by atoms with Crippen LogP contribution in [0.3, 0.4) is 0 Å². The number of carboxylic acids is 2. The SMILES string of the molecule is N[C@H](C(=O)O)C(=O)CC(=O)O. The Hall–Kier alpha value is -1.43. The van der Waals surface area contributed by atoms with Gasteiger partial charge in [-0.2, -0.15) is 0 Å². The smallest absolute Gasteiger partial charge is 0.328 e. The number of rotatable bonds is 4. The van der Waals surface area contributed by atoms with Crippen LogP contribution in [0.15, 0.2) is 0 Å². The van der Waals surface area contributed by atoms with Gasteiger partial charge >= 0.3 is 11.9 Å². The molecule has 0 saturated heterocycles. The summed E-state index contributed by atoms with van der Waals surface area (Å²) in [5, 5.41) is 16.2. The van der Waals surface area contributed by atoms with Crippen LogP contribution in [0.5, 0.6) is 0 Å². The van der Waals surface area contributed by atoms with Crippen LogP contribution in [0.25, 0.3) is 0 Å². The molecule has 0 spiro atoms. The summed E-state index contributed by atoms with van der Waals surface area (Å²) in [5.74, 6) is -3.91. The fraction of sp³-hybridized carbons (Fsp3) is 0.400. The molecule has 11 heavy (non-hydrogen) atoms. The van der Waals surface area contributed by atoms with Crippen molar-refractivity contribution in [1.82, 2.24) is 0 Å². The molecule has 0 fully saturated rings. The molecule has 0 aliphatic heterocycles. The number of carbonyl (C=O) groups is 3. The average molecular weight is 161 g/mol. The van der Waals surface area contributed by atoms with Crippen LogP contribution in [-0.2, 0) is 14.4 Å². The van der Waals surface area contributed by atoms with Gasteiger partial charge in [0.1, 0.15) is 6.42 Å². The van der Waals surface area contributed by atoms with E-state index in [4.69, 9.17) is 15.9 Å². The van der Waals surface area contributed by atoms with E-state index in [0.717, 1.165) is 0 Å². The van der Waals surface area contributed by atoms with Crippen molar-refractivity contribution < 1.29 is 24.6 Å². The number of aliphatic carboxylic acids is 2. The Kier molecular flexibility index (Phi) is 3.19. The van der Waals surface area contributed by atoms with E-state index in [-0.39, 0.29) is 0 Å². The fourth-order valence-corrected chi connectivity index (χ4v) is 0.397. The van der Waals surface area contributed by atoms with Crippen molar-refractivity contribution in [2.45, 2.75) is 12.5 Å². The molecule has 0 rings (SSSR count). The number of hydrogen-bond donors (Lipinski definition) is 3. The average Bonchev–Trinajstić information content (AvgIpc) is 1.84. The van der Waals surface area contributed by atoms with Gasteiger partial charge in [0.05, 0.1) is 0 Å². The lowest BCUT2D eigenvalue weighted by atomic mass is 10.1. The molecular weight excluding hydrogens is 154 g/mol. The molecule has 0 aromatic carbocycles. The third-order valence-electron chi connectivity index (χ3n) is 0.938. The molecule has 0 bridgehead atoms. The molecule has 0 aliphatic carbocycles. The van der Waals surface area contributed by atoms with Crippen molar-refractivity contribution >= 4 is 17.7 Å². The number of carbonyl (C=O) groups excluding carboxylic acids is 1. The van der Waals surface area contributed by atoms with E-state index in [1.165, 1.54) is 0 Å². The predicted molar refractivity (Wildman–Crippen MR) is 32.9 cm³/mol. The minimum absolute atomic E-state index is 0.854. The molecular formula is C5H7NO5. The molecule has 0 radical (unpaired) electrons. The first-order valence-corrected chi connectivity index (χ1v) is 2.68. The van der Waals surface area contributed by atoms with Gasteiger partial charge in [0.25, 0.3) is 0 Å². The van der Waals surface area contributed by atoms with Crippen molar-refractivity contribution in [2.24, 2.45) is 5.73 Å². The van der Waals surface area contributed by atoms with Crippen molar-refractivity contribution in [3.63, 3.8) is 0 Å². The number of nitrogens with two attached hydrogens (primary N) is 1. The summed E-state index contributed by atoms with van der Waals surface area (Å²) >= 11 is 0. The zero-order valence-corrected chi connectivity index (χ0v) is 5.48. The second kappa shape index (κ2) is 3.67. The lowest BCUT2D eigenvalue weighted by Gasteiger charge is -2.00. The summed E-state index contributed by atoms with van der Waals surface area (Å²) in [6.07, 6.45) is -0.854. The van der Waals surface area contributed by atoms with E-state index in [1.807, 2.05) is 0 Å². The van der Waals surface area contributed by atoms with Gasteiger partial charge in [-0.3, -0.25) is 14.4 Å². The van der Waals surface area contributed by atoms with Crippen molar-refractivity contribution in [3.05, 3.63) is 0 Å². The van der Waals surface area contributed by atoms with Gasteiger partial charge in [-0.1, -0.05) is 0 Å². The molecule has 62 valence electrons. The molecule has 0 unspecified atom stereocenters. The van der Waals surface area contributed by atoms with Gasteiger partial charge in [0, 0.05) is 0 Å². The molecule has 0 heterocycles. The molecule has 1 atom stereocenters. The van der Waals surface area contributed by atoms with Gasteiger partial charge in [-0.15, -0.1) is 0 Å². The van der Waals surface area contributed by atoms with E-state index in [9.17, 15) is 14.4 Å². The van der Waals surface area contributed by atoms with Gasteiger partial charge in [-0.25, -0.2) is 0 Å².